The van der Waals surface area contributed by atoms with Gasteiger partial charge >= 0.3 is 0 Å². The molecule has 0 radical (unpaired) electrons. The Morgan fingerprint density at radius 1 is 1.40 bits per heavy atom. The monoisotopic (exact) mass is 290 g/mol. The van der Waals surface area contributed by atoms with Crippen molar-refractivity contribution in [2.75, 3.05) is 0 Å². The van der Waals surface area contributed by atoms with Crippen molar-refractivity contribution in [3.63, 3.8) is 0 Å². The van der Waals surface area contributed by atoms with E-state index < -0.39 is 11.4 Å². The van der Waals surface area contributed by atoms with Crippen LogP contribution in [0.4, 0.5) is 4.39 Å². The first kappa shape index (κ1) is 13.1. The fraction of sp³-hybridized carbons (Fsp3) is 0.200. The van der Waals surface area contributed by atoms with Crippen LogP contribution in [0.3, 0.4) is 0 Å². The van der Waals surface area contributed by atoms with Gasteiger partial charge in [0.05, 0.1) is 16.7 Å². The Kier molecular flexibility index (Phi) is 3.18. The molecule has 0 bridgehead atoms. The van der Waals surface area contributed by atoms with Crippen LogP contribution < -0.4 is 5.56 Å². The number of benzene rings is 1. The van der Waals surface area contributed by atoms with Crippen LogP contribution >= 0.6 is 11.6 Å². The molecule has 2 aromatic rings. The zero-order valence-electron chi connectivity index (χ0n) is 10.8. The first-order valence-corrected chi connectivity index (χ1v) is 6.70. The Balaban J connectivity index is 2.39. The predicted molar refractivity (Wildman–Crippen MR) is 78.3 cm³/mol. The summed E-state index contributed by atoms with van der Waals surface area (Å²) >= 11 is 5.89. The predicted octanol–water partition coefficient (Wildman–Crippen LogP) is 3.78. The molecule has 1 aliphatic carbocycles. The molecule has 0 saturated carbocycles. The van der Waals surface area contributed by atoms with Crippen molar-refractivity contribution in [1.29, 1.82) is 0 Å². The molecule has 1 aromatic carbocycles. The molecule has 5 heteroatoms. The normalized spacial score (nSPS) is 18.9. The van der Waals surface area contributed by atoms with E-state index in [-0.39, 0.29) is 11.1 Å². The van der Waals surface area contributed by atoms with E-state index in [0.29, 0.717) is 23.2 Å². The Morgan fingerprint density at radius 3 is 2.95 bits per heavy atom. The van der Waals surface area contributed by atoms with E-state index >= 15 is 0 Å². The zero-order valence-corrected chi connectivity index (χ0v) is 11.6. The van der Waals surface area contributed by atoms with Crippen molar-refractivity contribution in [3.8, 4) is 0 Å². The van der Waals surface area contributed by atoms with Crippen LogP contribution in [-0.2, 0) is 0 Å². The fourth-order valence-corrected chi connectivity index (χ4v) is 2.56. The summed E-state index contributed by atoms with van der Waals surface area (Å²) < 4.78 is 15.4. The highest BCUT2D eigenvalue weighted by Gasteiger charge is 2.19. The quantitative estimate of drug-likeness (QED) is 0.801. The highest BCUT2D eigenvalue weighted by atomic mass is 35.5. The average Bonchev–Trinajstić information content (AvgIpc) is 2.43. The minimum atomic E-state index is -0.488. The Bertz CT molecular complexity index is 807. The van der Waals surface area contributed by atoms with Crippen LogP contribution in [0.15, 0.2) is 47.0 Å². The van der Waals surface area contributed by atoms with Gasteiger partial charge in [0, 0.05) is 0 Å². The third-order valence-electron chi connectivity index (χ3n) is 3.35. The zero-order chi connectivity index (χ0) is 14.3. The Labute approximate surface area is 120 Å². The highest BCUT2D eigenvalue weighted by molar-refractivity contribution is 6.29. The Hall–Kier alpha value is -1.94. The van der Waals surface area contributed by atoms with Crippen LogP contribution in [-0.4, -0.2) is 9.55 Å². The number of hydrogen-bond donors (Lipinski definition) is 0. The molecule has 1 unspecified atom stereocenters. The maximum atomic E-state index is 14.1. The van der Waals surface area contributed by atoms with Crippen molar-refractivity contribution in [1.82, 2.24) is 9.55 Å². The summed E-state index contributed by atoms with van der Waals surface area (Å²) in [6, 6.07) is 7.07. The maximum Gasteiger partial charge on any atom is 0.293 e. The molecule has 0 fully saturated rings. The molecule has 1 aromatic heterocycles. The van der Waals surface area contributed by atoms with Gasteiger partial charge in [0.25, 0.3) is 5.56 Å². The number of allylic oxidation sites excluding steroid dienone is 4. The topological polar surface area (TPSA) is 34.9 Å². The number of hydrogen-bond acceptors (Lipinski definition) is 2. The largest absolute Gasteiger partial charge is 0.293 e. The second kappa shape index (κ2) is 4.87. The van der Waals surface area contributed by atoms with Gasteiger partial charge in [-0.2, -0.15) is 0 Å². The lowest BCUT2D eigenvalue weighted by Gasteiger charge is -2.19. The van der Waals surface area contributed by atoms with Crippen LogP contribution in [0.25, 0.3) is 16.7 Å². The number of rotatable bonds is 1. The van der Waals surface area contributed by atoms with E-state index in [1.807, 2.05) is 6.92 Å². The van der Waals surface area contributed by atoms with Gasteiger partial charge in [-0.3, -0.25) is 9.36 Å². The number of halogens is 2. The summed E-state index contributed by atoms with van der Waals surface area (Å²) in [6.07, 6.45) is 3.64. The van der Waals surface area contributed by atoms with Crippen LogP contribution in [0.1, 0.15) is 13.3 Å². The number of nitrogens with zero attached hydrogens (tertiary/aromatic N) is 2. The first-order chi connectivity index (χ1) is 9.58. The molecule has 3 rings (SSSR count). The molecule has 1 atom stereocenters. The summed E-state index contributed by atoms with van der Waals surface area (Å²) in [7, 11) is 0. The number of aromatic nitrogens is 2. The van der Waals surface area contributed by atoms with Gasteiger partial charge in [-0.1, -0.05) is 36.7 Å². The molecular formula is C15H12ClFN2O. The van der Waals surface area contributed by atoms with Gasteiger partial charge in [0.1, 0.15) is 5.83 Å². The number of fused-ring (bicyclic) bond motifs is 1. The van der Waals surface area contributed by atoms with E-state index in [2.05, 4.69) is 4.98 Å². The van der Waals surface area contributed by atoms with Crippen molar-refractivity contribution < 1.29 is 4.39 Å². The Morgan fingerprint density at radius 2 is 2.15 bits per heavy atom. The molecule has 0 spiro atoms. The van der Waals surface area contributed by atoms with E-state index in [1.165, 1.54) is 10.6 Å². The standard InChI is InChI=1S/C15H12ClFN2O/c1-9-6-7-10(17)13(8-9)19-12-5-3-2-4-11(12)18-14(16)15(19)20/h2-7,9H,8H2,1H3. The van der Waals surface area contributed by atoms with Crippen molar-refractivity contribution in [2.45, 2.75) is 13.3 Å². The van der Waals surface area contributed by atoms with E-state index in [1.54, 1.807) is 30.3 Å². The highest BCUT2D eigenvalue weighted by Crippen LogP contribution is 2.29. The summed E-state index contributed by atoms with van der Waals surface area (Å²) in [5.74, 6) is -0.236. The minimum Gasteiger partial charge on any atom is -0.273 e. The van der Waals surface area contributed by atoms with Gasteiger partial charge in [-0.05, 0) is 30.5 Å². The molecular weight excluding hydrogens is 279 g/mol. The van der Waals surface area contributed by atoms with Crippen LogP contribution in [0, 0.1) is 5.92 Å². The van der Waals surface area contributed by atoms with Gasteiger partial charge in [-0.15, -0.1) is 0 Å². The lowest BCUT2D eigenvalue weighted by Crippen LogP contribution is -2.23. The summed E-state index contributed by atoms with van der Waals surface area (Å²) in [5, 5.41) is -0.147. The molecule has 0 aliphatic heterocycles. The van der Waals surface area contributed by atoms with E-state index in [0.717, 1.165) is 0 Å². The number of para-hydroxylation sites is 2. The molecule has 0 saturated heterocycles. The van der Waals surface area contributed by atoms with Gasteiger partial charge in [0.15, 0.2) is 5.15 Å². The third kappa shape index (κ3) is 2.06. The minimum absolute atomic E-state index is 0.147. The molecule has 102 valence electrons. The SMILES string of the molecule is CC1C=CC(F)=C(n2c(=O)c(Cl)nc3ccccc32)C1. The summed E-state index contributed by atoms with van der Waals surface area (Å²) in [4.78, 5) is 16.3. The third-order valence-corrected chi connectivity index (χ3v) is 3.60. The van der Waals surface area contributed by atoms with E-state index in [9.17, 15) is 9.18 Å². The molecule has 0 N–H and O–H groups in total. The van der Waals surface area contributed by atoms with Gasteiger partial charge in [0.2, 0.25) is 0 Å². The smallest absolute Gasteiger partial charge is 0.273 e. The average molecular weight is 291 g/mol. The maximum absolute atomic E-state index is 14.1. The van der Waals surface area contributed by atoms with Gasteiger partial charge < -0.3 is 0 Å². The second-order valence-corrected chi connectivity index (χ2v) is 5.23. The van der Waals surface area contributed by atoms with Crippen molar-refractivity contribution in [3.05, 3.63) is 57.8 Å². The summed E-state index contributed by atoms with van der Waals surface area (Å²) in [5.41, 5.74) is 0.984. The lowest BCUT2D eigenvalue weighted by atomic mass is 9.99. The lowest BCUT2D eigenvalue weighted by molar-refractivity contribution is 0.618. The van der Waals surface area contributed by atoms with Crippen LogP contribution in [0.2, 0.25) is 5.15 Å². The fourth-order valence-electron chi connectivity index (χ4n) is 2.38. The second-order valence-electron chi connectivity index (χ2n) is 4.87. The molecule has 3 nitrogen and oxygen atoms in total. The molecule has 1 heterocycles. The molecule has 1 aliphatic rings. The van der Waals surface area contributed by atoms with Crippen molar-refractivity contribution in [2.24, 2.45) is 5.92 Å². The molecule has 0 amide bonds. The summed E-state index contributed by atoms with van der Waals surface area (Å²) in [6.45, 7) is 1.97. The van der Waals surface area contributed by atoms with Crippen LogP contribution in [0.5, 0.6) is 0 Å². The van der Waals surface area contributed by atoms with E-state index in [4.69, 9.17) is 11.6 Å². The first-order valence-electron chi connectivity index (χ1n) is 6.32. The van der Waals surface area contributed by atoms with Gasteiger partial charge in [-0.25, -0.2) is 9.37 Å². The van der Waals surface area contributed by atoms with Crippen molar-refractivity contribution >= 4 is 28.3 Å². The molecule has 20 heavy (non-hydrogen) atoms.